The van der Waals surface area contributed by atoms with Gasteiger partial charge in [0.2, 0.25) is 10.8 Å². The van der Waals surface area contributed by atoms with Crippen LogP contribution in [-0.2, 0) is 23.8 Å². The van der Waals surface area contributed by atoms with Crippen LogP contribution in [0.5, 0.6) is 0 Å². The van der Waals surface area contributed by atoms with Gasteiger partial charge < -0.3 is 60.4 Å². The summed E-state index contributed by atoms with van der Waals surface area (Å²) in [4.78, 5) is 21.9. The number of carboxylic acids is 1. The van der Waals surface area contributed by atoms with Crippen molar-refractivity contribution in [1.29, 1.82) is 0 Å². The molecule has 0 radical (unpaired) electrons. The van der Waals surface area contributed by atoms with Crippen molar-refractivity contribution in [2.75, 3.05) is 19.8 Å². The molecular formula is C25H45NO13S. The molecule has 1 amide bonds. The number of carboxylic acid groups (broad SMARTS) is 1. The lowest BCUT2D eigenvalue weighted by molar-refractivity contribution is -0.267. The first-order chi connectivity index (χ1) is 18.9. The molecule has 0 aromatic heterocycles. The minimum atomic E-state index is -2.40. The number of nitrogens with one attached hydrogen (secondary N) is 1. The highest BCUT2D eigenvalue weighted by Gasteiger charge is 2.58. The Kier molecular flexibility index (Phi) is 14.5. The molecule has 0 aromatic rings. The van der Waals surface area contributed by atoms with E-state index in [2.05, 4.69) is 12.2 Å². The summed E-state index contributed by atoms with van der Waals surface area (Å²) in [6, 6.07) is -1.36. The summed E-state index contributed by atoms with van der Waals surface area (Å²) >= 11 is 0.433. The Balaban J connectivity index is 2.27. The van der Waals surface area contributed by atoms with E-state index in [0.29, 0.717) is 18.2 Å². The van der Waals surface area contributed by atoms with Gasteiger partial charge >= 0.3 is 5.97 Å². The highest BCUT2D eigenvalue weighted by Crippen LogP contribution is 2.46. The molecule has 11 atom stereocenters. The van der Waals surface area contributed by atoms with E-state index >= 15 is 0 Å². The predicted octanol–water partition coefficient (Wildman–Crippen LogP) is -1.95. The quantitative estimate of drug-likeness (QED) is 0.0878. The molecular weight excluding hydrogens is 554 g/mol. The maximum Gasteiger partial charge on any atom is 0.346 e. The molecule has 9 N–H and O–H groups in total. The number of aliphatic hydroxyl groups is 7. The lowest BCUT2D eigenvalue weighted by atomic mass is 9.89. The molecule has 2 fully saturated rings. The van der Waals surface area contributed by atoms with Crippen molar-refractivity contribution in [3.8, 4) is 0 Å². The van der Waals surface area contributed by atoms with Gasteiger partial charge in [-0.15, -0.1) is 11.8 Å². The molecule has 0 spiro atoms. The SMILES string of the molecule is CCCCCCCCOC1OC(CO)C(O)C(SC2(C(=O)O)CC(O)C(NC(C)=O)C([C@H](O)[C@H](O)CO)O2)C1O. The number of aliphatic hydroxyl groups excluding tert-OH is 7. The second kappa shape index (κ2) is 16.5. The van der Waals surface area contributed by atoms with Gasteiger partial charge in [-0.1, -0.05) is 39.0 Å². The molecule has 0 aliphatic carbocycles. The topological polar surface area (TPSA) is 236 Å². The molecule has 0 saturated carbocycles. The largest absolute Gasteiger partial charge is 0.478 e. The van der Waals surface area contributed by atoms with Crippen LogP contribution in [0.25, 0.3) is 0 Å². The monoisotopic (exact) mass is 599 g/mol. The van der Waals surface area contributed by atoms with E-state index in [9.17, 15) is 50.4 Å². The number of aliphatic carboxylic acids is 1. The van der Waals surface area contributed by atoms with Gasteiger partial charge in [0.15, 0.2) is 6.29 Å². The standard InChI is InChI=1S/C25H45NO13S/c1-3-4-5-6-7-8-9-37-23-20(34)22(19(33)16(12-28)38-23)40-25(24(35)36)10-14(30)17(26-13(2)29)21(39-25)18(32)15(31)11-27/h14-23,27-28,30-34H,3-12H2,1-2H3,(H,26,29)(H,35,36)/t14?,15-,16?,17?,18-,19?,20?,21?,22?,23?,25?/m1/s1. The lowest BCUT2D eigenvalue weighted by Gasteiger charge is -2.49. The highest BCUT2D eigenvalue weighted by molar-refractivity contribution is 8.01. The van der Waals surface area contributed by atoms with Crippen molar-refractivity contribution in [2.45, 2.75) is 124 Å². The van der Waals surface area contributed by atoms with Crippen LogP contribution >= 0.6 is 11.8 Å². The fourth-order valence-corrected chi connectivity index (χ4v) is 6.44. The number of amides is 1. The van der Waals surface area contributed by atoms with Crippen molar-refractivity contribution in [1.82, 2.24) is 5.32 Å². The minimum absolute atomic E-state index is 0.213. The highest BCUT2D eigenvalue weighted by atomic mass is 32.2. The van der Waals surface area contributed by atoms with Gasteiger partial charge in [0.05, 0.1) is 36.7 Å². The second-order valence-corrected chi connectivity index (χ2v) is 11.7. The van der Waals surface area contributed by atoms with Gasteiger partial charge in [-0.05, 0) is 6.42 Å². The van der Waals surface area contributed by atoms with Crippen molar-refractivity contribution in [3.05, 3.63) is 0 Å². The number of hydrogen-bond acceptors (Lipinski definition) is 13. The first-order valence-electron chi connectivity index (χ1n) is 13.7. The molecule has 234 valence electrons. The average molecular weight is 600 g/mol. The number of carbonyl (C=O) groups excluding carboxylic acids is 1. The van der Waals surface area contributed by atoms with Crippen LogP contribution < -0.4 is 5.32 Å². The summed E-state index contributed by atoms with van der Waals surface area (Å²) in [5.41, 5.74) is 0. The van der Waals surface area contributed by atoms with Crippen LogP contribution in [0.15, 0.2) is 0 Å². The Morgan fingerprint density at radius 2 is 1.73 bits per heavy atom. The lowest BCUT2D eigenvalue weighted by Crippen LogP contribution is -2.67. The summed E-state index contributed by atoms with van der Waals surface area (Å²) in [5.74, 6) is -2.27. The summed E-state index contributed by atoms with van der Waals surface area (Å²) in [6.07, 6.45) is -7.52. The summed E-state index contributed by atoms with van der Waals surface area (Å²) in [5, 5.41) is 83.7. The third-order valence-corrected chi connectivity index (χ3v) is 8.76. The molecule has 15 heteroatoms. The van der Waals surface area contributed by atoms with Gasteiger partial charge in [-0.3, -0.25) is 4.79 Å². The number of thioether (sulfide) groups is 1. The van der Waals surface area contributed by atoms with Crippen molar-refractivity contribution in [3.63, 3.8) is 0 Å². The molecule has 0 aromatic carbocycles. The van der Waals surface area contributed by atoms with Crippen molar-refractivity contribution in [2.24, 2.45) is 0 Å². The zero-order valence-corrected chi connectivity index (χ0v) is 23.7. The van der Waals surface area contributed by atoms with Crippen LogP contribution in [0.4, 0.5) is 0 Å². The van der Waals surface area contributed by atoms with E-state index in [4.69, 9.17) is 14.2 Å². The van der Waals surface area contributed by atoms with Crippen molar-refractivity contribution < 1.29 is 64.7 Å². The number of hydrogen-bond donors (Lipinski definition) is 9. The van der Waals surface area contributed by atoms with Crippen molar-refractivity contribution >= 4 is 23.6 Å². The smallest absolute Gasteiger partial charge is 0.346 e. The van der Waals surface area contributed by atoms with Gasteiger partial charge in [0.1, 0.15) is 30.5 Å². The van der Waals surface area contributed by atoms with Gasteiger partial charge in [-0.25, -0.2) is 4.79 Å². The second-order valence-electron chi connectivity index (χ2n) is 10.3. The summed E-state index contributed by atoms with van der Waals surface area (Å²) in [6.45, 7) is 1.86. The minimum Gasteiger partial charge on any atom is -0.478 e. The first kappa shape index (κ1) is 35.1. The number of rotatable bonds is 16. The fourth-order valence-electron chi connectivity index (χ4n) is 4.88. The maximum atomic E-state index is 12.6. The molecule has 2 saturated heterocycles. The molecule has 2 heterocycles. The Bertz CT molecular complexity index is 794. The zero-order valence-electron chi connectivity index (χ0n) is 22.9. The van der Waals surface area contributed by atoms with Crippen LogP contribution in [-0.4, -0.2) is 138 Å². The summed E-state index contributed by atoms with van der Waals surface area (Å²) in [7, 11) is 0. The first-order valence-corrected chi connectivity index (χ1v) is 14.6. The number of ether oxygens (including phenoxy) is 3. The maximum absolute atomic E-state index is 12.6. The van der Waals surface area contributed by atoms with Gasteiger partial charge in [0.25, 0.3) is 0 Å². The van der Waals surface area contributed by atoms with Gasteiger partial charge in [-0.2, -0.15) is 0 Å². The fraction of sp³-hybridized carbons (Fsp3) is 0.920. The molecule has 0 bridgehead atoms. The molecule has 2 rings (SSSR count). The summed E-state index contributed by atoms with van der Waals surface area (Å²) < 4.78 is 17.0. The van der Waals surface area contributed by atoms with E-state index in [1.807, 2.05) is 0 Å². The average Bonchev–Trinajstić information content (AvgIpc) is 2.91. The van der Waals surface area contributed by atoms with Gasteiger partial charge in [0, 0.05) is 20.0 Å². The molecule has 9 unspecified atom stereocenters. The van der Waals surface area contributed by atoms with E-state index in [-0.39, 0.29) is 6.61 Å². The molecule has 2 aliphatic rings. The van der Waals surface area contributed by atoms with E-state index in [0.717, 1.165) is 39.0 Å². The number of carbonyl (C=O) groups is 2. The normalized spacial score (nSPS) is 36.1. The van der Waals surface area contributed by atoms with E-state index in [1.54, 1.807) is 0 Å². The van der Waals surface area contributed by atoms with E-state index < -0.39 is 96.8 Å². The van der Waals surface area contributed by atoms with Crippen LogP contribution in [0, 0.1) is 0 Å². The molecule has 14 nitrogen and oxygen atoms in total. The Hall–Kier alpha value is -1.11. The molecule has 2 aliphatic heterocycles. The predicted molar refractivity (Wildman–Crippen MR) is 141 cm³/mol. The van der Waals surface area contributed by atoms with Crippen LogP contribution in [0.2, 0.25) is 0 Å². The molecule has 40 heavy (non-hydrogen) atoms. The van der Waals surface area contributed by atoms with Crippen LogP contribution in [0.3, 0.4) is 0 Å². The third kappa shape index (κ3) is 8.94. The zero-order chi connectivity index (χ0) is 30.0. The third-order valence-electron chi connectivity index (χ3n) is 7.11. The number of unbranched alkanes of at least 4 members (excludes halogenated alkanes) is 5. The van der Waals surface area contributed by atoms with Crippen LogP contribution in [0.1, 0.15) is 58.8 Å². The Labute approximate surface area is 237 Å². The Morgan fingerprint density at radius 3 is 2.30 bits per heavy atom. The van der Waals surface area contributed by atoms with E-state index in [1.165, 1.54) is 0 Å². The Morgan fingerprint density at radius 1 is 1.07 bits per heavy atom.